The fourth-order valence-electron chi connectivity index (χ4n) is 0.874. The minimum absolute atomic E-state index is 0.369. The van der Waals surface area contributed by atoms with E-state index >= 15 is 0 Å². The summed E-state index contributed by atoms with van der Waals surface area (Å²) < 4.78 is 3.81. The highest BCUT2D eigenvalue weighted by Gasteiger charge is 2.30. The molecule has 0 amide bonds. The van der Waals surface area contributed by atoms with Crippen LogP contribution in [0.4, 0.5) is 5.13 Å². The first-order valence-corrected chi connectivity index (χ1v) is 5.10. The molecule has 0 bridgehead atoms. The van der Waals surface area contributed by atoms with Gasteiger partial charge in [0.1, 0.15) is 6.33 Å². The Morgan fingerprint density at radius 2 is 2.50 bits per heavy atom. The van der Waals surface area contributed by atoms with Gasteiger partial charge in [0.05, 0.1) is 5.41 Å². The van der Waals surface area contributed by atoms with Gasteiger partial charge in [-0.1, -0.05) is 6.92 Å². The summed E-state index contributed by atoms with van der Waals surface area (Å²) >= 11 is 1.22. The summed E-state index contributed by atoms with van der Waals surface area (Å²) in [5, 5.41) is 12.6. The smallest absolute Gasteiger partial charge is 0.311 e. The quantitative estimate of drug-likeness (QED) is 0.777. The Hall–Kier alpha value is -1.17. The fraction of sp³-hybridized carbons (Fsp3) is 0.625. The number of aromatic nitrogens is 2. The number of rotatable bonds is 5. The van der Waals surface area contributed by atoms with Gasteiger partial charge < -0.3 is 10.4 Å². The molecule has 1 aromatic rings. The zero-order chi connectivity index (χ0) is 10.6. The Labute approximate surface area is 86.3 Å². The molecule has 1 unspecified atom stereocenters. The molecular weight excluding hydrogens is 202 g/mol. The Bertz CT molecular complexity index is 302. The molecule has 1 rings (SSSR count). The molecule has 0 aromatic carbocycles. The minimum Gasteiger partial charge on any atom is -0.481 e. The van der Waals surface area contributed by atoms with Gasteiger partial charge in [0, 0.05) is 18.1 Å². The van der Waals surface area contributed by atoms with Crippen molar-refractivity contribution in [3.05, 3.63) is 6.33 Å². The molecule has 0 fully saturated rings. The van der Waals surface area contributed by atoms with Gasteiger partial charge in [-0.15, -0.1) is 0 Å². The number of hydrogen-bond donors (Lipinski definition) is 2. The lowest BCUT2D eigenvalue weighted by Crippen LogP contribution is -2.34. The molecule has 14 heavy (non-hydrogen) atoms. The lowest BCUT2D eigenvalue weighted by Gasteiger charge is -2.22. The van der Waals surface area contributed by atoms with Gasteiger partial charge in [-0.3, -0.25) is 4.79 Å². The van der Waals surface area contributed by atoms with Gasteiger partial charge in [-0.25, -0.2) is 4.98 Å². The van der Waals surface area contributed by atoms with Crippen LogP contribution in [0, 0.1) is 5.41 Å². The summed E-state index contributed by atoms with van der Waals surface area (Å²) in [5.74, 6) is -0.794. The molecule has 0 spiro atoms. The van der Waals surface area contributed by atoms with E-state index in [1.54, 1.807) is 6.92 Å². The average Bonchev–Trinajstić information content (AvgIpc) is 2.66. The summed E-state index contributed by atoms with van der Waals surface area (Å²) in [6.07, 6.45) is 2.02. The van der Waals surface area contributed by atoms with Gasteiger partial charge in [0.2, 0.25) is 5.13 Å². The second kappa shape index (κ2) is 4.36. The van der Waals surface area contributed by atoms with Crippen molar-refractivity contribution in [1.82, 2.24) is 9.36 Å². The van der Waals surface area contributed by atoms with Crippen LogP contribution in [0.1, 0.15) is 20.3 Å². The highest BCUT2D eigenvalue weighted by Crippen LogP contribution is 2.22. The van der Waals surface area contributed by atoms with Gasteiger partial charge >= 0.3 is 5.97 Å². The highest BCUT2D eigenvalue weighted by molar-refractivity contribution is 7.09. The molecule has 0 aliphatic carbocycles. The van der Waals surface area contributed by atoms with Crippen molar-refractivity contribution in [2.24, 2.45) is 5.41 Å². The van der Waals surface area contributed by atoms with E-state index < -0.39 is 11.4 Å². The normalized spacial score (nSPS) is 14.7. The first-order valence-electron chi connectivity index (χ1n) is 4.32. The summed E-state index contributed by atoms with van der Waals surface area (Å²) in [6, 6.07) is 0. The molecule has 6 heteroatoms. The van der Waals surface area contributed by atoms with E-state index in [1.165, 1.54) is 17.9 Å². The maximum absolute atomic E-state index is 10.9. The largest absolute Gasteiger partial charge is 0.481 e. The average molecular weight is 215 g/mol. The summed E-state index contributed by atoms with van der Waals surface area (Å²) in [5.41, 5.74) is -0.744. The molecule has 2 N–H and O–H groups in total. The number of carbonyl (C=O) groups is 1. The Morgan fingerprint density at radius 3 is 2.93 bits per heavy atom. The van der Waals surface area contributed by atoms with E-state index in [1.807, 2.05) is 6.92 Å². The van der Waals surface area contributed by atoms with Crippen molar-refractivity contribution in [2.75, 3.05) is 11.9 Å². The number of carboxylic acids is 1. The molecule has 0 saturated heterocycles. The number of hydrogen-bond acceptors (Lipinski definition) is 5. The number of aliphatic carboxylic acids is 1. The van der Waals surface area contributed by atoms with Crippen LogP contribution in [0.15, 0.2) is 6.33 Å². The van der Waals surface area contributed by atoms with E-state index in [0.717, 1.165) is 0 Å². The van der Waals surface area contributed by atoms with Crippen LogP contribution in [-0.4, -0.2) is 27.0 Å². The molecular formula is C8H13N3O2S. The third-order valence-electron chi connectivity index (χ3n) is 2.29. The van der Waals surface area contributed by atoms with E-state index in [0.29, 0.717) is 18.1 Å². The van der Waals surface area contributed by atoms with Crippen LogP contribution in [-0.2, 0) is 4.79 Å². The molecule has 1 heterocycles. The molecule has 0 aliphatic heterocycles. The SMILES string of the molecule is CCC(C)(CNc1ncns1)C(=O)O. The van der Waals surface area contributed by atoms with E-state index in [-0.39, 0.29) is 0 Å². The van der Waals surface area contributed by atoms with Gasteiger partial charge in [0.15, 0.2) is 0 Å². The molecule has 0 radical (unpaired) electrons. The molecule has 1 atom stereocenters. The minimum atomic E-state index is -0.794. The Balaban J connectivity index is 2.54. The van der Waals surface area contributed by atoms with Crippen LogP contribution in [0.3, 0.4) is 0 Å². The molecule has 1 aromatic heterocycles. The van der Waals surface area contributed by atoms with Crippen LogP contribution >= 0.6 is 11.5 Å². The number of carboxylic acid groups (broad SMARTS) is 1. The zero-order valence-corrected chi connectivity index (χ0v) is 8.97. The number of nitrogens with one attached hydrogen (secondary N) is 1. The van der Waals surface area contributed by atoms with Crippen molar-refractivity contribution in [3.63, 3.8) is 0 Å². The van der Waals surface area contributed by atoms with Crippen LogP contribution < -0.4 is 5.32 Å². The van der Waals surface area contributed by atoms with Crippen molar-refractivity contribution >= 4 is 22.6 Å². The van der Waals surface area contributed by atoms with Gasteiger partial charge in [-0.05, 0) is 13.3 Å². The molecule has 5 nitrogen and oxygen atoms in total. The van der Waals surface area contributed by atoms with Gasteiger partial charge in [-0.2, -0.15) is 4.37 Å². The second-order valence-electron chi connectivity index (χ2n) is 3.32. The van der Waals surface area contributed by atoms with E-state index in [9.17, 15) is 4.79 Å². The summed E-state index contributed by atoms with van der Waals surface area (Å²) in [6.45, 7) is 3.94. The van der Waals surface area contributed by atoms with E-state index in [2.05, 4.69) is 14.7 Å². The zero-order valence-electron chi connectivity index (χ0n) is 8.15. The second-order valence-corrected chi connectivity index (χ2v) is 4.10. The van der Waals surface area contributed by atoms with Crippen LogP contribution in [0.25, 0.3) is 0 Å². The summed E-state index contributed by atoms with van der Waals surface area (Å²) in [7, 11) is 0. The first kappa shape index (κ1) is 10.9. The first-order chi connectivity index (χ1) is 6.58. The lowest BCUT2D eigenvalue weighted by atomic mass is 9.88. The predicted octanol–water partition coefficient (Wildman–Crippen LogP) is 1.45. The van der Waals surface area contributed by atoms with Crippen molar-refractivity contribution in [1.29, 1.82) is 0 Å². The van der Waals surface area contributed by atoms with Crippen LogP contribution in [0.2, 0.25) is 0 Å². The maximum atomic E-state index is 10.9. The standard InChI is InChI=1S/C8H13N3O2S/c1-3-8(2,6(12)13)4-9-7-10-5-11-14-7/h5H,3-4H2,1-2H3,(H,12,13)(H,9,10,11). The molecule has 78 valence electrons. The number of anilines is 1. The molecule has 0 saturated carbocycles. The van der Waals surface area contributed by atoms with E-state index in [4.69, 9.17) is 5.11 Å². The van der Waals surface area contributed by atoms with Crippen LogP contribution in [0.5, 0.6) is 0 Å². The third kappa shape index (κ3) is 2.41. The highest BCUT2D eigenvalue weighted by atomic mass is 32.1. The fourth-order valence-corrected chi connectivity index (χ4v) is 1.30. The lowest BCUT2D eigenvalue weighted by molar-refractivity contribution is -0.147. The third-order valence-corrected chi connectivity index (χ3v) is 2.91. The molecule has 0 aliphatic rings. The monoisotopic (exact) mass is 215 g/mol. The summed E-state index contributed by atoms with van der Waals surface area (Å²) in [4.78, 5) is 14.9. The Morgan fingerprint density at radius 1 is 1.79 bits per heavy atom. The topological polar surface area (TPSA) is 75.1 Å². The van der Waals surface area contributed by atoms with Gasteiger partial charge in [0.25, 0.3) is 0 Å². The maximum Gasteiger partial charge on any atom is 0.311 e. The van der Waals surface area contributed by atoms with Crippen molar-refractivity contribution < 1.29 is 9.90 Å². The van der Waals surface area contributed by atoms with Crippen molar-refractivity contribution in [2.45, 2.75) is 20.3 Å². The van der Waals surface area contributed by atoms with Crippen molar-refractivity contribution in [3.8, 4) is 0 Å². The predicted molar refractivity (Wildman–Crippen MR) is 54.4 cm³/mol. The number of nitrogens with zero attached hydrogens (tertiary/aromatic N) is 2. The Kier molecular flexibility index (Phi) is 3.40.